The summed E-state index contributed by atoms with van der Waals surface area (Å²) in [5.41, 5.74) is 16.4. The van der Waals surface area contributed by atoms with Crippen LogP contribution in [0.3, 0.4) is 0 Å². The lowest BCUT2D eigenvalue weighted by molar-refractivity contribution is 0.102. The Hall–Kier alpha value is -11.3. The molecule has 0 aromatic heterocycles. The maximum absolute atomic E-state index is 15.7. The van der Waals surface area contributed by atoms with Gasteiger partial charge in [-0.15, -0.1) is 0 Å². The van der Waals surface area contributed by atoms with Crippen molar-refractivity contribution in [1.29, 1.82) is 0 Å². The van der Waals surface area contributed by atoms with E-state index < -0.39 is 17.8 Å². The average molecular weight is 1320 g/mol. The predicted molar refractivity (Wildman–Crippen MR) is 406 cm³/mol. The molecule has 0 aliphatic heterocycles. The topological polar surface area (TPSA) is 102 Å². The largest absolute Gasteiger partial charge is 0.289 e. The molecule has 1 aliphatic rings. The molecule has 12 aromatic rings. The number of hydrogen-bond acceptors (Lipinski definition) is 6. The Balaban J connectivity index is 1.13. The van der Waals surface area contributed by atoms with Gasteiger partial charge in [0, 0.05) is 102 Å². The number of ketones is 6. The van der Waals surface area contributed by atoms with Crippen LogP contribution in [0.1, 0.15) is 271 Å². The van der Waals surface area contributed by atoms with E-state index in [-0.39, 0.29) is 52.5 Å². The SMILES string of the molecule is CCC1c2cccc(c2)C(C)c2cc(c(C(=O)c3ccccc3)cc2C(=O)c2ccccc2)C(CC)c2ccc(C(=O)c3ccccc3)c(c2)C(CC)c2cccc(c2)C(CC)c2cc(c(C(=O)c3ccccc3)cc2C(=O)c2ccccc2)C(CC)c2ccc(C(=O)c3ccccc3)c1c2. The third-order valence-corrected chi connectivity index (χ3v) is 21.0. The molecule has 6 nitrogen and oxygen atoms in total. The van der Waals surface area contributed by atoms with Gasteiger partial charge in [0.25, 0.3) is 0 Å². The fraction of sp³-hybridized carbons (Fsp3) is 0.179. The fourth-order valence-corrected chi connectivity index (χ4v) is 15.7. The minimum atomic E-state index is -0.421. The van der Waals surface area contributed by atoms with Gasteiger partial charge < -0.3 is 0 Å². The molecular formula is C95H82O6. The molecule has 6 unspecified atom stereocenters. The van der Waals surface area contributed by atoms with Crippen LogP contribution in [0.4, 0.5) is 0 Å². The van der Waals surface area contributed by atoms with Crippen molar-refractivity contribution in [1.82, 2.24) is 0 Å². The van der Waals surface area contributed by atoms with E-state index in [9.17, 15) is 0 Å². The standard InChI is InChI=1S/C95H82O6/c1-7-73-68-45-30-44-67(52-68)60(6)80-56-83(87(93(99)64-38-24-15-25-39-64)58-86(80)92(98)63-36-22-14-23-37-63)76(10-4)71-48-50-79(91(97)62-34-20-13-21-35-62)82(54-71)74(8-2)69-46-31-47-70(53-69)75(9-3)84-57-85(77(11-5)72-49-51-78(81(73)55-72)90(96)61-32-18-12-19-33-61)89(95(101)66-42-28-17-29-43-66)59-88(84)94(100)65-40-26-16-27-41-65/h12-60,73-77H,7-11H2,1-6H3. The minimum absolute atomic E-state index is 0.112. The van der Waals surface area contributed by atoms with E-state index in [1.165, 1.54) is 0 Å². The Kier molecular flexibility index (Phi) is 20.5. The molecule has 0 N–H and O–H groups in total. The van der Waals surface area contributed by atoms with Crippen molar-refractivity contribution in [3.63, 3.8) is 0 Å². The average Bonchev–Trinajstić information content (AvgIpc) is 0.761. The van der Waals surface area contributed by atoms with Gasteiger partial charge in [0.15, 0.2) is 34.7 Å². The molecule has 0 amide bonds. The van der Waals surface area contributed by atoms with Crippen molar-refractivity contribution in [3.05, 3.63) is 425 Å². The van der Waals surface area contributed by atoms with Gasteiger partial charge in [-0.1, -0.05) is 321 Å². The molecule has 0 saturated heterocycles. The zero-order chi connectivity index (χ0) is 70.3. The maximum atomic E-state index is 15.7. The summed E-state index contributed by atoms with van der Waals surface area (Å²) in [5, 5.41) is 0. The van der Waals surface area contributed by atoms with Crippen molar-refractivity contribution >= 4 is 34.7 Å². The highest BCUT2D eigenvalue weighted by Gasteiger charge is 2.34. The van der Waals surface area contributed by atoms with Crippen LogP contribution in [0, 0.1) is 0 Å². The van der Waals surface area contributed by atoms with Crippen LogP contribution >= 0.6 is 0 Å². The van der Waals surface area contributed by atoms with Gasteiger partial charge in [-0.25, -0.2) is 0 Å². The summed E-state index contributed by atoms with van der Waals surface area (Å²) in [6.45, 7) is 12.8. The molecule has 0 fully saturated rings. The Morgan fingerprint density at radius 2 is 0.426 bits per heavy atom. The van der Waals surface area contributed by atoms with E-state index in [1.54, 1.807) is 0 Å². The van der Waals surface area contributed by atoms with E-state index >= 15 is 28.8 Å². The smallest absolute Gasteiger partial charge is 0.193 e. The van der Waals surface area contributed by atoms with E-state index in [0.29, 0.717) is 98.9 Å². The van der Waals surface area contributed by atoms with Crippen LogP contribution < -0.4 is 0 Å². The molecule has 6 heteroatoms. The summed E-state index contributed by atoms with van der Waals surface area (Å²) in [6.07, 6.45) is 2.92. The van der Waals surface area contributed by atoms with Crippen LogP contribution in [-0.2, 0) is 0 Å². The highest BCUT2D eigenvalue weighted by molar-refractivity contribution is 6.17. The van der Waals surface area contributed by atoms with Crippen LogP contribution in [0.5, 0.6) is 0 Å². The zero-order valence-corrected chi connectivity index (χ0v) is 58.2. The molecule has 6 atom stereocenters. The second kappa shape index (κ2) is 30.4. The Morgan fingerprint density at radius 3 is 0.703 bits per heavy atom. The normalized spacial score (nSPS) is 16.5. The number of rotatable bonds is 17. The van der Waals surface area contributed by atoms with Crippen molar-refractivity contribution in [3.8, 4) is 0 Å². The molecular weight excluding hydrogens is 1240 g/mol. The van der Waals surface area contributed by atoms with Crippen LogP contribution in [0.25, 0.3) is 0 Å². The number of fused-ring (bicyclic) bond motifs is 12. The van der Waals surface area contributed by atoms with E-state index in [4.69, 9.17) is 0 Å². The summed E-state index contributed by atoms with van der Waals surface area (Å²) in [5.74, 6) is -3.32. The van der Waals surface area contributed by atoms with Gasteiger partial charge >= 0.3 is 0 Å². The predicted octanol–water partition coefficient (Wildman–Crippen LogP) is 22.2. The lowest BCUT2D eigenvalue weighted by Crippen LogP contribution is -2.18. The van der Waals surface area contributed by atoms with Gasteiger partial charge in [0.1, 0.15) is 0 Å². The fourth-order valence-electron chi connectivity index (χ4n) is 15.7. The molecule has 0 saturated carbocycles. The summed E-state index contributed by atoms with van der Waals surface area (Å²) in [4.78, 5) is 93.2. The number of hydrogen-bond donors (Lipinski definition) is 0. The number of carbonyl (C=O) groups excluding carboxylic acids is 6. The molecule has 1 aliphatic carbocycles. The Labute approximate surface area is 593 Å². The quantitative estimate of drug-likeness (QED) is 0.0842. The molecule has 101 heavy (non-hydrogen) atoms. The summed E-state index contributed by atoms with van der Waals surface area (Å²) in [6, 6.07) is 93.5. The summed E-state index contributed by atoms with van der Waals surface area (Å²) >= 11 is 0. The van der Waals surface area contributed by atoms with Crippen molar-refractivity contribution in [2.45, 2.75) is 109 Å². The first kappa shape index (κ1) is 68.2. The van der Waals surface area contributed by atoms with Crippen molar-refractivity contribution in [2.24, 2.45) is 0 Å². The first-order chi connectivity index (χ1) is 49.3. The van der Waals surface area contributed by atoms with Crippen LogP contribution in [-0.4, -0.2) is 34.7 Å². The molecule has 498 valence electrons. The van der Waals surface area contributed by atoms with Gasteiger partial charge in [-0.3, -0.25) is 28.8 Å². The number of benzene rings is 12. The first-order valence-electron chi connectivity index (χ1n) is 35.7. The van der Waals surface area contributed by atoms with E-state index in [2.05, 4.69) is 126 Å². The molecule has 12 aromatic carbocycles. The summed E-state index contributed by atoms with van der Waals surface area (Å²) < 4.78 is 0. The maximum Gasteiger partial charge on any atom is 0.193 e. The van der Waals surface area contributed by atoms with Gasteiger partial charge in [0.05, 0.1) is 0 Å². The Bertz CT molecular complexity index is 5060. The third-order valence-electron chi connectivity index (χ3n) is 21.0. The third kappa shape index (κ3) is 13.7. The molecule has 0 radical (unpaired) electrons. The minimum Gasteiger partial charge on any atom is -0.289 e. The highest BCUT2D eigenvalue weighted by atomic mass is 16.1. The van der Waals surface area contributed by atoms with Crippen molar-refractivity contribution < 1.29 is 28.8 Å². The highest BCUT2D eigenvalue weighted by Crippen LogP contribution is 2.46. The van der Waals surface area contributed by atoms with Gasteiger partial charge in [-0.2, -0.15) is 0 Å². The zero-order valence-electron chi connectivity index (χ0n) is 58.2. The summed E-state index contributed by atoms with van der Waals surface area (Å²) in [7, 11) is 0. The van der Waals surface area contributed by atoms with Gasteiger partial charge in [0.2, 0.25) is 0 Å². The van der Waals surface area contributed by atoms with Crippen LogP contribution in [0.2, 0.25) is 0 Å². The van der Waals surface area contributed by atoms with E-state index in [1.807, 2.05) is 206 Å². The first-order valence-corrected chi connectivity index (χ1v) is 35.7. The molecule has 0 spiro atoms. The monoisotopic (exact) mass is 1320 g/mol. The number of carbonyl (C=O) groups is 6. The van der Waals surface area contributed by atoms with Crippen molar-refractivity contribution in [2.75, 3.05) is 0 Å². The van der Waals surface area contributed by atoms with Crippen LogP contribution in [0.15, 0.2) is 291 Å². The van der Waals surface area contributed by atoms with Gasteiger partial charge in [-0.05, 0) is 111 Å². The molecule has 0 heterocycles. The second-order valence-corrected chi connectivity index (χ2v) is 26.8. The lowest BCUT2D eigenvalue weighted by Gasteiger charge is -2.29. The molecule has 13 rings (SSSR count). The second-order valence-electron chi connectivity index (χ2n) is 26.8. The molecule has 12 bridgehead atoms. The Morgan fingerprint density at radius 1 is 0.208 bits per heavy atom. The lowest BCUT2D eigenvalue weighted by atomic mass is 9.74. The van der Waals surface area contributed by atoms with E-state index in [0.717, 1.165) is 66.8 Å².